The molecule has 2 rings (SSSR count). The third-order valence-electron chi connectivity index (χ3n) is 4.00. The first-order valence-corrected chi connectivity index (χ1v) is 8.44. The van der Waals surface area contributed by atoms with Gasteiger partial charge in [-0.1, -0.05) is 37.1 Å². The molecule has 6 heteroatoms. The zero-order valence-corrected chi connectivity index (χ0v) is 14.9. The van der Waals surface area contributed by atoms with Crippen molar-refractivity contribution in [3.05, 3.63) is 34.9 Å². The smallest absolute Gasteiger partial charge is 0.249 e. The number of amides is 1. The van der Waals surface area contributed by atoms with E-state index < -0.39 is 9.75 Å². The van der Waals surface area contributed by atoms with E-state index >= 15 is 0 Å². The predicted molar refractivity (Wildman–Crippen MR) is 92.8 cm³/mol. The Kier molecular flexibility index (Phi) is 5.41. The summed E-state index contributed by atoms with van der Waals surface area (Å²) in [5, 5.41) is 4.96. The summed E-state index contributed by atoms with van der Waals surface area (Å²) < 4.78 is -0.990. The van der Waals surface area contributed by atoms with Crippen molar-refractivity contribution in [2.75, 3.05) is 0 Å². The molecule has 0 radical (unpaired) electrons. The standard InChI is InChI=1S/C16H19Cl3N2O/c1-3-4-5-13(11-6-8-12(17)9-7-11)20-21-14(22)15(2)10-16(15,18)19/h6-9H,3-5,10H2,1-2H3,(H,21,22)/b20-13+. The molecule has 1 unspecified atom stereocenters. The molecule has 1 N–H and O–H groups in total. The van der Waals surface area contributed by atoms with Crippen LogP contribution in [0.1, 0.15) is 45.1 Å². The molecular formula is C16H19Cl3N2O. The van der Waals surface area contributed by atoms with Crippen molar-refractivity contribution < 1.29 is 4.79 Å². The number of nitrogens with zero attached hydrogens (tertiary/aromatic N) is 1. The Morgan fingerprint density at radius 1 is 1.32 bits per heavy atom. The summed E-state index contributed by atoms with van der Waals surface area (Å²) in [6.07, 6.45) is 3.26. The van der Waals surface area contributed by atoms with E-state index in [1.807, 2.05) is 24.3 Å². The van der Waals surface area contributed by atoms with Crippen molar-refractivity contribution >= 4 is 46.4 Å². The van der Waals surface area contributed by atoms with Gasteiger partial charge >= 0.3 is 0 Å². The molecule has 0 spiro atoms. The van der Waals surface area contributed by atoms with Crippen molar-refractivity contribution in [1.82, 2.24) is 5.43 Å². The topological polar surface area (TPSA) is 41.5 Å². The molecule has 1 saturated carbocycles. The van der Waals surface area contributed by atoms with Crippen LogP contribution in [0.25, 0.3) is 0 Å². The number of unbranched alkanes of at least 4 members (excludes halogenated alkanes) is 1. The number of alkyl halides is 2. The summed E-state index contributed by atoms with van der Waals surface area (Å²) in [5.41, 5.74) is 3.61. The van der Waals surface area contributed by atoms with Crippen LogP contribution in [0.15, 0.2) is 29.4 Å². The molecule has 1 atom stereocenters. The molecule has 120 valence electrons. The van der Waals surface area contributed by atoms with Crippen LogP contribution in [0.5, 0.6) is 0 Å². The summed E-state index contributed by atoms with van der Waals surface area (Å²) in [6.45, 7) is 3.85. The fourth-order valence-corrected chi connectivity index (χ4v) is 2.97. The van der Waals surface area contributed by atoms with Gasteiger partial charge in [-0.25, -0.2) is 5.43 Å². The Morgan fingerprint density at radius 2 is 1.91 bits per heavy atom. The quantitative estimate of drug-likeness (QED) is 0.435. The van der Waals surface area contributed by atoms with Crippen LogP contribution in [0.3, 0.4) is 0 Å². The van der Waals surface area contributed by atoms with Gasteiger partial charge in [-0.15, -0.1) is 23.2 Å². The molecule has 22 heavy (non-hydrogen) atoms. The van der Waals surface area contributed by atoms with Gasteiger partial charge in [0, 0.05) is 5.02 Å². The molecule has 3 nitrogen and oxygen atoms in total. The number of halogens is 3. The number of carbonyl (C=O) groups excluding carboxylic acids is 1. The Bertz CT molecular complexity index is 584. The Labute approximate surface area is 146 Å². The van der Waals surface area contributed by atoms with Crippen LogP contribution >= 0.6 is 34.8 Å². The fraction of sp³-hybridized carbons (Fsp3) is 0.500. The number of hydrazone groups is 1. The first-order chi connectivity index (χ1) is 10.3. The van der Waals surface area contributed by atoms with Crippen LogP contribution in [0.4, 0.5) is 0 Å². The molecule has 0 bridgehead atoms. The number of rotatable bonds is 6. The van der Waals surface area contributed by atoms with Gasteiger partial charge in [-0.05, 0) is 43.9 Å². The molecule has 0 aliphatic heterocycles. The monoisotopic (exact) mass is 360 g/mol. The van der Waals surface area contributed by atoms with Crippen molar-refractivity contribution in [3.8, 4) is 0 Å². The minimum absolute atomic E-state index is 0.250. The second-order valence-electron chi connectivity index (χ2n) is 5.82. The summed E-state index contributed by atoms with van der Waals surface area (Å²) in [6, 6.07) is 7.42. The fourth-order valence-electron chi connectivity index (χ4n) is 2.14. The van der Waals surface area contributed by atoms with E-state index in [1.165, 1.54) is 0 Å². The molecule has 1 aliphatic rings. The van der Waals surface area contributed by atoms with E-state index in [0.29, 0.717) is 11.4 Å². The van der Waals surface area contributed by atoms with Gasteiger partial charge in [0.1, 0.15) is 4.33 Å². The van der Waals surface area contributed by atoms with Gasteiger partial charge in [-0.2, -0.15) is 5.10 Å². The maximum absolute atomic E-state index is 12.2. The number of hydrogen-bond acceptors (Lipinski definition) is 2. The van der Waals surface area contributed by atoms with Crippen molar-refractivity contribution in [3.63, 3.8) is 0 Å². The molecule has 0 aromatic heterocycles. The summed E-state index contributed by atoms with van der Waals surface area (Å²) in [5.74, 6) is -0.250. The zero-order chi connectivity index (χ0) is 16.4. The SMILES string of the molecule is CCCC/C(=N\NC(=O)C1(C)CC1(Cl)Cl)c1ccc(Cl)cc1. The number of carbonyl (C=O) groups is 1. The Morgan fingerprint density at radius 3 is 2.41 bits per heavy atom. The number of nitrogens with one attached hydrogen (secondary N) is 1. The minimum atomic E-state index is -0.990. The maximum atomic E-state index is 12.2. The average molecular weight is 362 g/mol. The second kappa shape index (κ2) is 6.77. The summed E-state index contributed by atoms with van der Waals surface area (Å²) >= 11 is 17.9. The summed E-state index contributed by atoms with van der Waals surface area (Å²) in [7, 11) is 0. The van der Waals surface area contributed by atoms with Crippen molar-refractivity contribution in [2.45, 2.75) is 43.9 Å². The van der Waals surface area contributed by atoms with Gasteiger partial charge < -0.3 is 0 Å². The van der Waals surface area contributed by atoms with Gasteiger partial charge in [0.2, 0.25) is 5.91 Å². The highest BCUT2D eigenvalue weighted by atomic mass is 35.5. The van der Waals surface area contributed by atoms with Crippen molar-refractivity contribution in [1.29, 1.82) is 0 Å². The van der Waals surface area contributed by atoms with E-state index in [-0.39, 0.29) is 5.91 Å². The number of benzene rings is 1. The zero-order valence-electron chi connectivity index (χ0n) is 12.6. The first kappa shape index (κ1) is 17.6. The van der Waals surface area contributed by atoms with E-state index in [9.17, 15) is 4.79 Å². The van der Waals surface area contributed by atoms with Crippen LogP contribution < -0.4 is 5.43 Å². The highest BCUT2D eigenvalue weighted by Gasteiger charge is 2.68. The lowest BCUT2D eigenvalue weighted by atomic mass is 10.1. The van der Waals surface area contributed by atoms with E-state index in [4.69, 9.17) is 34.8 Å². The largest absolute Gasteiger partial charge is 0.272 e. The third kappa shape index (κ3) is 3.76. The van der Waals surface area contributed by atoms with Crippen LogP contribution in [0.2, 0.25) is 5.02 Å². The molecule has 1 amide bonds. The summed E-state index contributed by atoms with van der Waals surface area (Å²) in [4.78, 5) is 12.2. The van der Waals surface area contributed by atoms with Gasteiger partial charge in [0.05, 0.1) is 11.1 Å². The number of hydrogen-bond donors (Lipinski definition) is 1. The molecule has 1 aromatic carbocycles. The lowest BCUT2D eigenvalue weighted by Crippen LogP contribution is -2.30. The normalized spacial score (nSPS) is 23.2. The highest BCUT2D eigenvalue weighted by molar-refractivity contribution is 6.53. The van der Waals surface area contributed by atoms with E-state index in [0.717, 1.165) is 30.5 Å². The molecular weight excluding hydrogens is 343 g/mol. The lowest BCUT2D eigenvalue weighted by molar-refractivity contribution is -0.125. The van der Waals surface area contributed by atoms with E-state index in [2.05, 4.69) is 17.5 Å². The molecule has 1 aliphatic carbocycles. The molecule has 0 heterocycles. The first-order valence-electron chi connectivity index (χ1n) is 7.31. The lowest BCUT2D eigenvalue weighted by Gasteiger charge is -2.11. The predicted octanol–water partition coefficient (Wildman–Crippen LogP) is 4.93. The van der Waals surface area contributed by atoms with Crippen LogP contribution in [-0.4, -0.2) is 16.0 Å². The maximum Gasteiger partial charge on any atom is 0.249 e. The van der Waals surface area contributed by atoms with Crippen molar-refractivity contribution in [2.24, 2.45) is 10.5 Å². The molecule has 1 aromatic rings. The Hall–Kier alpha value is -0.770. The minimum Gasteiger partial charge on any atom is -0.272 e. The third-order valence-corrected chi connectivity index (χ3v) is 5.35. The molecule has 0 saturated heterocycles. The molecule has 1 fully saturated rings. The van der Waals surface area contributed by atoms with Crippen LogP contribution in [0, 0.1) is 5.41 Å². The van der Waals surface area contributed by atoms with Gasteiger partial charge in [-0.3, -0.25) is 4.79 Å². The van der Waals surface area contributed by atoms with E-state index in [1.54, 1.807) is 6.92 Å². The average Bonchev–Trinajstić information content (AvgIpc) is 3.00. The van der Waals surface area contributed by atoms with Crippen LogP contribution in [-0.2, 0) is 4.79 Å². The highest BCUT2D eigenvalue weighted by Crippen LogP contribution is 2.63. The van der Waals surface area contributed by atoms with Gasteiger partial charge in [0.25, 0.3) is 0 Å². The Balaban J connectivity index is 2.12. The van der Waals surface area contributed by atoms with Gasteiger partial charge in [0.15, 0.2) is 0 Å². The second-order valence-corrected chi connectivity index (χ2v) is 7.74.